The van der Waals surface area contributed by atoms with E-state index in [1.807, 2.05) is 24.3 Å². The zero-order valence-corrected chi connectivity index (χ0v) is 16.3. The third kappa shape index (κ3) is 2.74. The molecule has 1 atom stereocenters. The first-order chi connectivity index (χ1) is 13.1. The Labute approximate surface area is 166 Å². The Morgan fingerprint density at radius 3 is 2.63 bits per heavy atom. The van der Waals surface area contributed by atoms with Crippen LogP contribution >= 0.6 is 22.9 Å². The fourth-order valence-corrected chi connectivity index (χ4v) is 5.99. The topological polar surface area (TPSA) is 70.2 Å². The van der Waals surface area contributed by atoms with Gasteiger partial charge in [0.15, 0.2) is 0 Å². The number of fused-ring (bicyclic) bond motifs is 3. The molecule has 3 N–H and O–H groups in total. The van der Waals surface area contributed by atoms with E-state index in [4.69, 9.17) is 11.6 Å². The zero-order valence-electron chi connectivity index (χ0n) is 14.7. The van der Waals surface area contributed by atoms with Crippen LogP contribution in [0.5, 0.6) is 0 Å². The van der Waals surface area contributed by atoms with Crippen LogP contribution in [0.25, 0.3) is 0 Å². The van der Waals surface area contributed by atoms with Gasteiger partial charge in [-0.25, -0.2) is 0 Å². The molecule has 140 valence electrons. The summed E-state index contributed by atoms with van der Waals surface area (Å²) in [5, 5.41) is 11.2. The molecule has 0 saturated heterocycles. The molecule has 0 bridgehead atoms. The average Bonchev–Trinajstić information content (AvgIpc) is 3.00. The molecule has 0 radical (unpaired) electrons. The van der Waals surface area contributed by atoms with Crippen molar-refractivity contribution in [3.8, 4) is 0 Å². The first-order valence-corrected chi connectivity index (χ1v) is 10.6. The van der Waals surface area contributed by atoms with Crippen molar-refractivity contribution in [2.75, 3.05) is 10.6 Å². The Hall–Kier alpha value is -2.05. The Balaban J connectivity index is 1.65. The second-order valence-corrected chi connectivity index (χ2v) is 9.03. The highest BCUT2D eigenvalue weighted by atomic mass is 35.5. The quantitative estimate of drug-likeness (QED) is 0.649. The number of halogens is 1. The molecule has 3 aliphatic rings. The Morgan fingerprint density at radius 2 is 1.85 bits per heavy atom. The molecule has 2 aromatic rings. The van der Waals surface area contributed by atoms with E-state index >= 15 is 0 Å². The van der Waals surface area contributed by atoms with Gasteiger partial charge in [0.05, 0.1) is 5.69 Å². The Morgan fingerprint density at radius 1 is 1.07 bits per heavy atom. The molecular formula is C20H20ClN3O2S. The largest absolute Gasteiger partial charge is 0.361 e. The number of thiophene rings is 1. The molecular weight excluding hydrogens is 382 g/mol. The minimum absolute atomic E-state index is 0.0428. The van der Waals surface area contributed by atoms with Gasteiger partial charge in [0.25, 0.3) is 5.91 Å². The predicted octanol–water partition coefficient (Wildman–Crippen LogP) is 4.69. The summed E-state index contributed by atoms with van der Waals surface area (Å²) in [5.74, 6) is -0.238. The number of rotatable bonds is 1. The molecule has 0 unspecified atom stereocenters. The van der Waals surface area contributed by atoms with E-state index in [9.17, 15) is 9.59 Å². The number of carbonyl (C=O) groups excluding carboxylic acids is 2. The molecule has 2 aliphatic heterocycles. The van der Waals surface area contributed by atoms with E-state index in [0.717, 1.165) is 47.5 Å². The van der Waals surface area contributed by atoms with Crippen molar-refractivity contribution in [1.29, 1.82) is 0 Å². The van der Waals surface area contributed by atoms with Gasteiger partial charge in [-0.15, -0.1) is 11.3 Å². The summed E-state index contributed by atoms with van der Waals surface area (Å²) in [4.78, 5) is 25.9. The molecule has 1 fully saturated rings. The number of nitrogens with one attached hydrogen (secondary N) is 3. The van der Waals surface area contributed by atoms with Crippen molar-refractivity contribution in [2.24, 2.45) is 0 Å². The summed E-state index contributed by atoms with van der Waals surface area (Å²) in [6, 6.07) is 7.65. The summed E-state index contributed by atoms with van der Waals surface area (Å²) < 4.78 is 0. The van der Waals surface area contributed by atoms with Gasteiger partial charge in [-0.2, -0.15) is 0 Å². The van der Waals surface area contributed by atoms with Crippen LogP contribution in [0, 0.1) is 0 Å². The maximum absolute atomic E-state index is 12.9. The van der Waals surface area contributed by atoms with Gasteiger partial charge in [-0.3, -0.25) is 9.59 Å². The number of anilines is 2. The predicted molar refractivity (Wildman–Crippen MR) is 108 cm³/mol. The summed E-state index contributed by atoms with van der Waals surface area (Å²) in [6.07, 6.45) is 5.57. The van der Waals surface area contributed by atoms with Crippen LogP contribution in [0.15, 0.2) is 24.3 Å². The lowest BCUT2D eigenvalue weighted by molar-refractivity contribution is -0.116. The van der Waals surface area contributed by atoms with E-state index in [1.165, 1.54) is 17.8 Å². The Bertz CT molecular complexity index is 949. The van der Waals surface area contributed by atoms with Crippen LogP contribution in [0.1, 0.15) is 65.2 Å². The lowest BCUT2D eigenvalue weighted by Crippen LogP contribution is -2.58. The van der Waals surface area contributed by atoms with Crippen molar-refractivity contribution in [2.45, 2.75) is 50.1 Å². The summed E-state index contributed by atoms with van der Waals surface area (Å²) in [5.41, 5.74) is 2.44. The lowest BCUT2D eigenvalue weighted by Gasteiger charge is -2.43. The molecule has 1 saturated carbocycles. The molecule has 2 amide bonds. The highest BCUT2D eigenvalue weighted by Crippen LogP contribution is 2.51. The molecule has 3 heterocycles. The van der Waals surface area contributed by atoms with Crippen molar-refractivity contribution >= 4 is 45.4 Å². The van der Waals surface area contributed by atoms with Crippen molar-refractivity contribution in [1.82, 2.24) is 5.32 Å². The number of amides is 2. The standard InChI is InChI=1S/C20H20ClN3O2S/c21-13-7-3-2-6-11(13)12-10-14(25)22-19-15(12)16-17(27-19)18(26)24-20(23-16)8-4-1-5-9-20/h2-3,6-7,12,23H,1,4-5,8-10H2,(H,22,25)(H,24,26)/t12-/m1/s1. The van der Waals surface area contributed by atoms with Gasteiger partial charge >= 0.3 is 0 Å². The average molecular weight is 402 g/mol. The van der Waals surface area contributed by atoms with Crippen molar-refractivity contribution in [3.63, 3.8) is 0 Å². The van der Waals surface area contributed by atoms with E-state index < -0.39 is 0 Å². The minimum Gasteiger partial charge on any atom is -0.361 e. The Kier molecular flexibility index (Phi) is 3.95. The first kappa shape index (κ1) is 17.1. The molecule has 7 heteroatoms. The van der Waals surface area contributed by atoms with Gasteiger partial charge in [0, 0.05) is 22.9 Å². The summed E-state index contributed by atoms with van der Waals surface area (Å²) in [7, 11) is 0. The fourth-order valence-electron chi connectivity index (χ4n) is 4.59. The monoisotopic (exact) mass is 401 g/mol. The van der Waals surface area contributed by atoms with Gasteiger partial charge < -0.3 is 16.0 Å². The van der Waals surface area contributed by atoms with Crippen LogP contribution in [0.4, 0.5) is 10.7 Å². The highest BCUT2D eigenvalue weighted by Gasteiger charge is 2.44. The number of benzene rings is 1. The van der Waals surface area contributed by atoms with Gasteiger partial charge in [0.2, 0.25) is 5.91 Å². The van der Waals surface area contributed by atoms with Crippen LogP contribution in [-0.4, -0.2) is 17.5 Å². The molecule has 1 aromatic carbocycles. The lowest BCUT2D eigenvalue weighted by atomic mass is 9.83. The van der Waals surface area contributed by atoms with Gasteiger partial charge in [-0.1, -0.05) is 36.2 Å². The normalized spacial score (nSPS) is 23.1. The molecule has 1 aromatic heterocycles. The van der Waals surface area contributed by atoms with Crippen LogP contribution in [-0.2, 0) is 4.79 Å². The molecule has 5 nitrogen and oxygen atoms in total. The third-order valence-corrected chi connectivity index (χ3v) is 7.31. The molecule has 5 rings (SSSR count). The minimum atomic E-state index is -0.371. The summed E-state index contributed by atoms with van der Waals surface area (Å²) >= 11 is 7.82. The van der Waals surface area contributed by atoms with Crippen LogP contribution < -0.4 is 16.0 Å². The third-order valence-electron chi connectivity index (χ3n) is 5.85. The number of carbonyl (C=O) groups is 2. The molecule has 27 heavy (non-hydrogen) atoms. The first-order valence-electron chi connectivity index (χ1n) is 9.38. The number of hydrogen-bond acceptors (Lipinski definition) is 4. The van der Waals surface area contributed by atoms with Crippen LogP contribution in [0.2, 0.25) is 5.02 Å². The number of hydrogen-bond donors (Lipinski definition) is 3. The van der Waals surface area contributed by atoms with Crippen molar-refractivity contribution in [3.05, 3.63) is 45.3 Å². The zero-order chi connectivity index (χ0) is 18.6. The van der Waals surface area contributed by atoms with E-state index in [2.05, 4.69) is 16.0 Å². The fraction of sp³-hybridized carbons (Fsp3) is 0.400. The van der Waals surface area contributed by atoms with E-state index in [0.29, 0.717) is 16.3 Å². The second kappa shape index (κ2) is 6.24. The van der Waals surface area contributed by atoms with E-state index in [-0.39, 0.29) is 23.4 Å². The van der Waals surface area contributed by atoms with E-state index in [1.54, 1.807) is 0 Å². The van der Waals surface area contributed by atoms with Crippen molar-refractivity contribution < 1.29 is 9.59 Å². The molecule has 1 spiro atoms. The maximum Gasteiger partial charge on any atom is 0.265 e. The van der Waals surface area contributed by atoms with Gasteiger partial charge in [-0.05, 0) is 37.3 Å². The summed E-state index contributed by atoms with van der Waals surface area (Å²) in [6.45, 7) is 0. The van der Waals surface area contributed by atoms with Gasteiger partial charge in [0.1, 0.15) is 15.5 Å². The molecule has 1 aliphatic carbocycles. The second-order valence-electron chi connectivity index (χ2n) is 7.60. The maximum atomic E-state index is 12.9. The smallest absolute Gasteiger partial charge is 0.265 e. The SMILES string of the molecule is O=C1C[C@H](c2ccccc2Cl)c2c(sc3c2NC2(CCCCC2)NC3=O)N1. The highest BCUT2D eigenvalue weighted by molar-refractivity contribution is 7.19. The van der Waals surface area contributed by atoms with Crippen LogP contribution in [0.3, 0.4) is 0 Å².